The maximum absolute atomic E-state index is 11.3. The minimum atomic E-state index is -0.781. The molecule has 2 amide bonds. The van der Waals surface area contributed by atoms with E-state index in [0.29, 0.717) is 6.42 Å². The number of rotatable bonds is 7. The minimum absolute atomic E-state index is 0.0904. The van der Waals surface area contributed by atoms with Crippen molar-refractivity contribution in [3.8, 4) is 0 Å². The monoisotopic (exact) mass is 256 g/mol. The molecule has 1 fully saturated rings. The van der Waals surface area contributed by atoms with Gasteiger partial charge in [-0.15, -0.1) is 0 Å². The lowest BCUT2D eigenvalue weighted by Crippen LogP contribution is -2.41. The molecule has 6 heteroatoms. The molecule has 3 atom stereocenters. The van der Waals surface area contributed by atoms with Crippen LogP contribution in [0.4, 0.5) is 0 Å². The molecule has 0 aromatic rings. The van der Waals surface area contributed by atoms with E-state index >= 15 is 0 Å². The molecule has 3 N–H and O–H groups in total. The Morgan fingerprint density at radius 3 is 2.61 bits per heavy atom. The fourth-order valence-corrected chi connectivity index (χ4v) is 1.97. The van der Waals surface area contributed by atoms with E-state index in [-0.39, 0.29) is 30.2 Å². The van der Waals surface area contributed by atoms with Crippen LogP contribution in [0.2, 0.25) is 0 Å². The van der Waals surface area contributed by atoms with Crippen LogP contribution >= 0.6 is 0 Å². The van der Waals surface area contributed by atoms with E-state index in [2.05, 4.69) is 10.6 Å². The van der Waals surface area contributed by atoms with Gasteiger partial charge in [0.2, 0.25) is 11.8 Å². The lowest BCUT2D eigenvalue weighted by Gasteiger charge is -2.17. The average Bonchev–Trinajstić information content (AvgIpc) is 2.57. The Bertz CT molecular complexity index is 343. The van der Waals surface area contributed by atoms with Crippen LogP contribution in [0.1, 0.15) is 39.5 Å². The third-order valence-electron chi connectivity index (χ3n) is 3.15. The Kier molecular flexibility index (Phi) is 5.27. The summed E-state index contributed by atoms with van der Waals surface area (Å²) >= 11 is 0. The summed E-state index contributed by atoms with van der Waals surface area (Å²) in [5.41, 5.74) is 0. The van der Waals surface area contributed by atoms with Gasteiger partial charge in [-0.25, -0.2) is 0 Å². The molecule has 1 rings (SSSR count). The summed E-state index contributed by atoms with van der Waals surface area (Å²) in [6, 6.07) is -0.350. The largest absolute Gasteiger partial charge is 0.481 e. The SMILES string of the molecule is CC(CCCC(C)C(=O)O)NC1CC(=O)NC1=O. The van der Waals surface area contributed by atoms with Gasteiger partial charge < -0.3 is 10.4 Å². The molecule has 0 radical (unpaired) electrons. The van der Waals surface area contributed by atoms with Gasteiger partial charge in [-0.1, -0.05) is 13.3 Å². The number of nitrogens with one attached hydrogen (secondary N) is 2. The van der Waals surface area contributed by atoms with Crippen molar-refractivity contribution in [3.63, 3.8) is 0 Å². The molecule has 0 aromatic carbocycles. The number of imide groups is 1. The molecule has 0 saturated carbocycles. The van der Waals surface area contributed by atoms with E-state index in [1.54, 1.807) is 6.92 Å². The molecule has 102 valence electrons. The van der Waals surface area contributed by atoms with Crippen LogP contribution in [0.3, 0.4) is 0 Å². The highest BCUT2D eigenvalue weighted by Gasteiger charge is 2.30. The van der Waals surface area contributed by atoms with Crippen molar-refractivity contribution in [2.24, 2.45) is 5.92 Å². The number of carbonyl (C=O) groups is 3. The molecule has 18 heavy (non-hydrogen) atoms. The number of amides is 2. The molecular formula is C12H20N2O4. The Balaban J connectivity index is 2.21. The number of hydrogen-bond donors (Lipinski definition) is 3. The summed E-state index contributed by atoms with van der Waals surface area (Å²) in [5, 5.41) is 14.1. The van der Waals surface area contributed by atoms with Crippen LogP contribution in [-0.4, -0.2) is 35.0 Å². The minimum Gasteiger partial charge on any atom is -0.481 e. The first-order chi connectivity index (χ1) is 8.40. The van der Waals surface area contributed by atoms with Crippen molar-refractivity contribution in [1.29, 1.82) is 0 Å². The summed E-state index contributed by atoms with van der Waals surface area (Å²) in [5.74, 6) is -1.64. The standard InChI is InChI=1S/C12H20N2O4/c1-7(12(17)18)4-3-5-8(2)13-9-6-10(15)14-11(9)16/h7-9,13H,3-6H2,1-2H3,(H,17,18)(H,14,15,16). The molecule has 0 aliphatic carbocycles. The van der Waals surface area contributed by atoms with Crippen LogP contribution in [0.5, 0.6) is 0 Å². The first kappa shape index (κ1) is 14.6. The fraction of sp³-hybridized carbons (Fsp3) is 0.750. The van der Waals surface area contributed by atoms with Gasteiger partial charge in [0, 0.05) is 6.04 Å². The normalized spacial score (nSPS) is 22.7. The lowest BCUT2D eigenvalue weighted by atomic mass is 10.0. The Labute approximate surface area is 106 Å². The Morgan fingerprint density at radius 2 is 2.11 bits per heavy atom. The number of hydrogen-bond acceptors (Lipinski definition) is 4. The smallest absolute Gasteiger partial charge is 0.306 e. The maximum atomic E-state index is 11.3. The Morgan fingerprint density at radius 1 is 1.44 bits per heavy atom. The third-order valence-corrected chi connectivity index (χ3v) is 3.15. The Hall–Kier alpha value is -1.43. The molecule has 1 aliphatic heterocycles. The maximum Gasteiger partial charge on any atom is 0.306 e. The molecule has 0 aromatic heterocycles. The van der Waals surface area contributed by atoms with Gasteiger partial charge in [-0.3, -0.25) is 19.7 Å². The second kappa shape index (κ2) is 6.49. The predicted octanol–water partition coefficient (Wildman–Crippen LogP) is 0.271. The summed E-state index contributed by atoms with van der Waals surface area (Å²) in [6.07, 6.45) is 2.38. The molecule has 0 spiro atoms. The van der Waals surface area contributed by atoms with Crippen LogP contribution in [0.15, 0.2) is 0 Å². The quantitative estimate of drug-likeness (QED) is 0.568. The van der Waals surface area contributed by atoms with Gasteiger partial charge in [0.15, 0.2) is 0 Å². The van der Waals surface area contributed by atoms with E-state index < -0.39 is 12.0 Å². The van der Waals surface area contributed by atoms with Crippen LogP contribution in [0.25, 0.3) is 0 Å². The van der Waals surface area contributed by atoms with Gasteiger partial charge in [0.25, 0.3) is 0 Å². The zero-order valence-corrected chi connectivity index (χ0v) is 10.7. The van der Waals surface area contributed by atoms with E-state index in [9.17, 15) is 14.4 Å². The second-order valence-corrected chi connectivity index (χ2v) is 4.91. The van der Waals surface area contributed by atoms with Crippen LogP contribution in [0, 0.1) is 5.92 Å². The van der Waals surface area contributed by atoms with Gasteiger partial charge >= 0.3 is 5.97 Å². The summed E-state index contributed by atoms with van der Waals surface area (Å²) in [6.45, 7) is 3.62. The highest BCUT2D eigenvalue weighted by molar-refractivity contribution is 6.05. The molecular weight excluding hydrogens is 236 g/mol. The van der Waals surface area contributed by atoms with Gasteiger partial charge in [-0.05, 0) is 19.8 Å². The predicted molar refractivity (Wildman–Crippen MR) is 64.8 cm³/mol. The first-order valence-corrected chi connectivity index (χ1v) is 6.22. The van der Waals surface area contributed by atoms with Crippen molar-refractivity contribution in [3.05, 3.63) is 0 Å². The molecule has 1 aliphatic rings. The van der Waals surface area contributed by atoms with Gasteiger partial charge in [0.05, 0.1) is 18.4 Å². The van der Waals surface area contributed by atoms with E-state index in [4.69, 9.17) is 5.11 Å². The van der Waals surface area contributed by atoms with Crippen molar-refractivity contribution < 1.29 is 19.5 Å². The zero-order valence-electron chi connectivity index (χ0n) is 10.7. The molecule has 6 nitrogen and oxygen atoms in total. The van der Waals surface area contributed by atoms with E-state index in [0.717, 1.165) is 12.8 Å². The summed E-state index contributed by atoms with van der Waals surface area (Å²) in [4.78, 5) is 32.9. The molecule has 0 bridgehead atoms. The van der Waals surface area contributed by atoms with E-state index in [1.807, 2.05) is 6.92 Å². The number of carboxylic acids is 1. The topological polar surface area (TPSA) is 95.5 Å². The van der Waals surface area contributed by atoms with Crippen LogP contribution in [-0.2, 0) is 14.4 Å². The van der Waals surface area contributed by atoms with Crippen molar-refractivity contribution >= 4 is 17.8 Å². The highest BCUT2D eigenvalue weighted by Crippen LogP contribution is 2.11. The third kappa shape index (κ3) is 4.44. The molecule has 3 unspecified atom stereocenters. The average molecular weight is 256 g/mol. The summed E-state index contributed by atoms with van der Waals surface area (Å²) in [7, 11) is 0. The number of carbonyl (C=O) groups excluding carboxylic acids is 2. The number of carboxylic acid groups (broad SMARTS) is 1. The molecule has 1 saturated heterocycles. The number of aliphatic carboxylic acids is 1. The van der Waals surface area contributed by atoms with Crippen molar-refractivity contribution in [2.75, 3.05) is 0 Å². The van der Waals surface area contributed by atoms with Crippen molar-refractivity contribution in [2.45, 2.75) is 51.6 Å². The fourth-order valence-electron chi connectivity index (χ4n) is 1.97. The van der Waals surface area contributed by atoms with Gasteiger partial charge in [0.1, 0.15) is 0 Å². The highest BCUT2D eigenvalue weighted by atomic mass is 16.4. The van der Waals surface area contributed by atoms with Crippen molar-refractivity contribution in [1.82, 2.24) is 10.6 Å². The van der Waals surface area contributed by atoms with Gasteiger partial charge in [-0.2, -0.15) is 0 Å². The lowest BCUT2D eigenvalue weighted by molar-refractivity contribution is -0.141. The van der Waals surface area contributed by atoms with E-state index in [1.165, 1.54) is 0 Å². The molecule has 1 heterocycles. The summed E-state index contributed by atoms with van der Waals surface area (Å²) < 4.78 is 0. The van der Waals surface area contributed by atoms with Crippen LogP contribution < -0.4 is 10.6 Å². The zero-order chi connectivity index (χ0) is 13.7. The second-order valence-electron chi connectivity index (χ2n) is 4.91. The first-order valence-electron chi connectivity index (χ1n) is 6.22.